The Morgan fingerprint density at radius 2 is 2.13 bits per heavy atom. The normalized spacial score (nSPS) is 9.73. The summed E-state index contributed by atoms with van der Waals surface area (Å²) < 4.78 is 5.21. The van der Waals surface area contributed by atoms with E-state index in [0.717, 1.165) is 37.2 Å². The average Bonchev–Trinajstić information content (AvgIpc) is 2.30. The van der Waals surface area contributed by atoms with E-state index in [1.54, 1.807) is 12.0 Å². The van der Waals surface area contributed by atoms with Crippen molar-refractivity contribution in [1.82, 2.24) is 0 Å². The Hall–Kier alpha value is -1.51. The van der Waals surface area contributed by atoms with Gasteiger partial charge >= 0.3 is 0 Å². The second-order valence-corrected chi connectivity index (χ2v) is 3.32. The van der Waals surface area contributed by atoms with Crippen LogP contribution in [-0.4, -0.2) is 20.1 Å². The van der Waals surface area contributed by atoms with E-state index in [2.05, 4.69) is 6.92 Å². The molecule has 0 atom stereocenters. The zero-order valence-corrected chi connectivity index (χ0v) is 9.27. The number of amides is 1. The fourth-order valence-electron chi connectivity index (χ4n) is 1.43. The maximum Gasteiger partial charge on any atom is 0.214 e. The minimum atomic E-state index is 0.736. The van der Waals surface area contributed by atoms with Gasteiger partial charge in [0.15, 0.2) is 0 Å². The molecule has 3 heteroatoms. The van der Waals surface area contributed by atoms with Crippen LogP contribution in [0.25, 0.3) is 0 Å². The summed E-state index contributed by atoms with van der Waals surface area (Å²) in [6.07, 6.45) is 2.92. The summed E-state index contributed by atoms with van der Waals surface area (Å²) >= 11 is 0. The lowest BCUT2D eigenvalue weighted by Crippen LogP contribution is -2.22. The van der Waals surface area contributed by atoms with Crippen molar-refractivity contribution < 1.29 is 9.53 Å². The van der Waals surface area contributed by atoms with Gasteiger partial charge in [0.05, 0.1) is 12.8 Å². The van der Waals surface area contributed by atoms with Crippen LogP contribution in [0.1, 0.15) is 19.8 Å². The number of nitrogens with zero attached hydrogens (tertiary/aromatic N) is 1. The molecule has 82 valence electrons. The van der Waals surface area contributed by atoms with E-state index < -0.39 is 0 Å². The standard InChI is InChI=1S/C12H17NO2/c1-3-4-9-13(10-14)11-7-5-6-8-12(11)15-2/h5-8,10H,3-4,9H2,1-2H3. The van der Waals surface area contributed by atoms with Crippen LogP contribution in [0.15, 0.2) is 24.3 Å². The molecule has 3 nitrogen and oxygen atoms in total. The number of hydrogen-bond donors (Lipinski definition) is 0. The number of methoxy groups -OCH3 is 1. The van der Waals surface area contributed by atoms with Crippen LogP contribution in [0.4, 0.5) is 5.69 Å². The van der Waals surface area contributed by atoms with Crippen molar-refractivity contribution in [3.05, 3.63) is 24.3 Å². The van der Waals surface area contributed by atoms with Crippen LogP contribution in [0.5, 0.6) is 5.75 Å². The topological polar surface area (TPSA) is 29.5 Å². The molecule has 0 aromatic heterocycles. The van der Waals surface area contributed by atoms with Gasteiger partial charge in [-0.15, -0.1) is 0 Å². The van der Waals surface area contributed by atoms with Crippen LogP contribution < -0.4 is 9.64 Å². The summed E-state index contributed by atoms with van der Waals surface area (Å²) in [4.78, 5) is 12.6. The second-order valence-electron chi connectivity index (χ2n) is 3.32. The molecule has 0 radical (unpaired) electrons. The first-order valence-electron chi connectivity index (χ1n) is 5.18. The lowest BCUT2D eigenvalue weighted by Gasteiger charge is -2.19. The molecule has 1 aromatic rings. The number of rotatable bonds is 6. The molecular weight excluding hydrogens is 190 g/mol. The van der Waals surface area contributed by atoms with E-state index in [1.165, 1.54) is 0 Å². The molecule has 0 N–H and O–H groups in total. The van der Waals surface area contributed by atoms with E-state index in [1.807, 2.05) is 24.3 Å². The van der Waals surface area contributed by atoms with Gasteiger partial charge in [-0.2, -0.15) is 0 Å². The first-order valence-corrected chi connectivity index (χ1v) is 5.18. The fraction of sp³-hybridized carbons (Fsp3) is 0.417. The summed E-state index contributed by atoms with van der Waals surface area (Å²) in [6, 6.07) is 7.55. The highest BCUT2D eigenvalue weighted by Crippen LogP contribution is 2.26. The molecule has 0 unspecified atom stereocenters. The minimum Gasteiger partial charge on any atom is -0.495 e. The van der Waals surface area contributed by atoms with Gasteiger partial charge < -0.3 is 9.64 Å². The van der Waals surface area contributed by atoms with Gasteiger partial charge in [0.1, 0.15) is 5.75 Å². The zero-order chi connectivity index (χ0) is 11.1. The SMILES string of the molecule is CCCCN(C=O)c1ccccc1OC. The van der Waals surface area contributed by atoms with Crippen molar-refractivity contribution in [3.8, 4) is 5.75 Å². The zero-order valence-electron chi connectivity index (χ0n) is 9.27. The van der Waals surface area contributed by atoms with Crippen LogP contribution in [-0.2, 0) is 4.79 Å². The van der Waals surface area contributed by atoms with Gasteiger partial charge in [-0.25, -0.2) is 0 Å². The smallest absolute Gasteiger partial charge is 0.214 e. The van der Waals surface area contributed by atoms with Crippen LogP contribution in [0, 0.1) is 0 Å². The van der Waals surface area contributed by atoms with Gasteiger partial charge in [-0.05, 0) is 18.6 Å². The molecule has 1 aromatic carbocycles. The third kappa shape index (κ3) is 2.98. The molecule has 0 saturated carbocycles. The van der Waals surface area contributed by atoms with Crippen molar-refractivity contribution in [2.75, 3.05) is 18.6 Å². The van der Waals surface area contributed by atoms with Gasteiger partial charge in [-0.3, -0.25) is 4.79 Å². The van der Waals surface area contributed by atoms with E-state index in [4.69, 9.17) is 4.74 Å². The van der Waals surface area contributed by atoms with Crippen molar-refractivity contribution in [3.63, 3.8) is 0 Å². The highest BCUT2D eigenvalue weighted by molar-refractivity contribution is 5.78. The molecule has 0 bridgehead atoms. The lowest BCUT2D eigenvalue weighted by atomic mass is 10.2. The quantitative estimate of drug-likeness (QED) is 0.670. The third-order valence-corrected chi connectivity index (χ3v) is 2.27. The Kier molecular flexibility index (Phi) is 4.68. The first-order chi connectivity index (χ1) is 7.33. The predicted molar refractivity (Wildman–Crippen MR) is 61.3 cm³/mol. The number of carbonyl (C=O) groups is 1. The highest BCUT2D eigenvalue weighted by atomic mass is 16.5. The maximum absolute atomic E-state index is 10.9. The van der Waals surface area contributed by atoms with Crippen LogP contribution in [0.2, 0.25) is 0 Å². The van der Waals surface area contributed by atoms with Gasteiger partial charge in [-0.1, -0.05) is 25.5 Å². The number of carbonyl (C=O) groups excluding carboxylic acids is 1. The molecule has 0 aliphatic rings. The summed E-state index contributed by atoms with van der Waals surface area (Å²) in [7, 11) is 1.61. The number of benzene rings is 1. The molecule has 0 fully saturated rings. The van der Waals surface area contributed by atoms with Crippen molar-refractivity contribution in [1.29, 1.82) is 0 Å². The summed E-state index contributed by atoms with van der Waals surface area (Å²) in [5.74, 6) is 0.737. The Bertz CT molecular complexity index is 312. The van der Waals surface area contributed by atoms with Crippen LogP contribution >= 0.6 is 0 Å². The molecule has 0 saturated heterocycles. The molecule has 0 heterocycles. The van der Waals surface area contributed by atoms with Crippen molar-refractivity contribution in [2.24, 2.45) is 0 Å². The van der Waals surface area contributed by atoms with Gasteiger partial charge in [0, 0.05) is 6.54 Å². The minimum absolute atomic E-state index is 0.736. The highest BCUT2D eigenvalue weighted by Gasteiger charge is 2.09. The van der Waals surface area contributed by atoms with Crippen LogP contribution in [0.3, 0.4) is 0 Å². The largest absolute Gasteiger partial charge is 0.495 e. The summed E-state index contributed by atoms with van der Waals surface area (Å²) in [5.41, 5.74) is 0.837. The summed E-state index contributed by atoms with van der Waals surface area (Å²) in [6.45, 7) is 2.84. The molecule has 0 aliphatic heterocycles. The van der Waals surface area contributed by atoms with E-state index in [9.17, 15) is 4.79 Å². The van der Waals surface area contributed by atoms with E-state index in [0.29, 0.717) is 0 Å². The molecule has 15 heavy (non-hydrogen) atoms. The molecule has 1 rings (SSSR count). The monoisotopic (exact) mass is 207 g/mol. The van der Waals surface area contributed by atoms with E-state index >= 15 is 0 Å². The number of para-hydroxylation sites is 2. The number of anilines is 1. The number of hydrogen-bond acceptors (Lipinski definition) is 2. The van der Waals surface area contributed by atoms with Crippen molar-refractivity contribution >= 4 is 12.1 Å². The van der Waals surface area contributed by atoms with Crippen molar-refractivity contribution in [2.45, 2.75) is 19.8 Å². The number of ether oxygens (including phenoxy) is 1. The Morgan fingerprint density at radius 1 is 1.40 bits per heavy atom. The number of unbranched alkanes of at least 4 members (excludes halogenated alkanes) is 1. The maximum atomic E-state index is 10.9. The van der Waals surface area contributed by atoms with Gasteiger partial charge in [0.25, 0.3) is 0 Å². The lowest BCUT2D eigenvalue weighted by molar-refractivity contribution is -0.107. The molecule has 0 aliphatic carbocycles. The molecular formula is C12H17NO2. The predicted octanol–water partition coefficient (Wildman–Crippen LogP) is 2.46. The Morgan fingerprint density at radius 3 is 2.73 bits per heavy atom. The molecule has 1 amide bonds. The fourth-order valence-corrected chi connectivity index (χ4v) is 1.43. The summed E-state index contributed by atoms with van der Waals surface area (Å²) in [5, 5.41) is 0. The first kappa shape index (κ1) is 11.6. The van der Waals surface area contributed by atoms with E-state index in [-0.39, 0.29) is 0 Å². The second kappa shape index (κ2) is 6.06. The third-order valence-electron chi connectivity index (χ3n) is 2.27. The van der Waals surface area contributed by atoms with Gasteiger partial charge in [0.2, 0.25) is 6.41 Å². The Labute approximate surface area is 90.7 Å². The average molecular weight is 207 g/mol. The Balaban J connectivity index is 2.85. The molecule has 0 spiro atoms.